The van der Waals surface area contributed by atoms with Crippen LogP contribution in [0.3, 0.4) is 0 Å². The molecule has 2 unspecified atom stereocenters. The standard InChI is InChI=1S/C28H26N8O6/c1-13-15(25(39)31-27(41)21(13)35-33-19-9-5-3-7-17(19)23(29)37)11-12-16-14(2)22(28(42)32-26(16)40)36-34-20-10-6-4-8-18(20)24(30)38/h3-10,21-22H,11-12H2,1-2H3,(H2,29,37)(H2,30,38)(H,31,39,41)(H,32,40,42). The van der Waals surface area contributed by atoms with Crippen LogP contribution in [0.4, 0.5) is 11.4 Å². The predicted octanol–water partition coefficient (Wildman–Crippen LogP) is 2.22. The Kier molecular flexibility index (Phi) is 8.55. The lowest BCUT2D eigenvalue weighted by Gasteiger charge is -2.24. The number of benzene rings is 2. The smallest absolute Gasteiger partial charge is 0.257 e. The first-order chi connectivity index (χ1) is 20.0. The largest absolute Gasteiger partial charge is 0.366 e. The molecule has 2 aliphatic heterocycles. The van der Waals surface area contributed by atoms with Crippen molar-refractivity contribution in [3.05, 3.63) is 82.0 Å². The number of carbonyl (C=O) groups excluding carboxylic acids is 6. The summed E-state index contributed by atoms with van der Waals surface area (Å²) >= 11 is 0. The number of amides is 6. The van der Waals surface area contributed by atoms with Crippen LogP contribution in [-0.2, 0) is 19.2 Å². The van der Waals surface area contributed by atoms with Crippen LogP contribution in [0.15, 0.2) is 91.3 Å². The van der Waals surface area contributed by atoms with Gasteiger partial charge in [-0.1, -0.05) is 24.3 Å². The fraction of sp³-hybridized carbons (Fsp3) is 0.214. The maximum atomic E-state index is 12.7. The second-order valence-corrected chi connectivity index (χ2v) is 9.46. The van der Waals surface area contributed by atoms with E-state index in [1.54, 1.807) is 38.1 Å². The molecule has 42 heavy (non-hydrogen) atoms. The van der Waals surface area contributed by atoms with Gasteiger partial charge in [0.25, 0.3) is 35.4 Å². The lowest BCUT2D eigenvalue weighted by atomic mass is 9.89. The first kappa shape index (κ1) is 29.3. The fourth-order valence-corrected chi connectivity index (χ4v) is 4.52. The van der Waals surface area contributed by atoms with E-state index in [1.807, 2.05) is 0 Å². The molecule has 2 atom stereocenters. The highest BCUT2D eigenvalue weighted by Gasteiger charge is 2.35. The lowest BCUT2D eigenvalue weighted by molar-refractivity contribution is -0.131. The topological polar surface area (TPSA) is 228 Å². The van der Waals surface area contributed by atoms with E-state index in [1.165, 1.54) is 24.3 Å². The van der Waals surface area contributed by atoms with E-state index in [9.17, 15) is 28.8 Å². The van der Waals surface area contributed by atoms with Crippen LogP contribution in [0, 0.1) is 0 Å². The van der Waals surface area contributed by atoms with Crippen molar-refractivity contribution in [2.45, 2.75) is 38.8 Å². The molecule has 0 bridgehead atoms. The summed E-state index contributed by atoms with van der Waals surface area (Å²) in [6, 6.07) is 10.1. The summed E-state index contributed by atoms with van der Waals surface area (Å²) in [4.78, 5) is 73.9. The van der Waals surface area contributed by atoms with Crippen LogP contribution in [-0.4, -0.2) is 47.5 Å². The molecule has 14 nitrogen and oxygen atoms in total. The van der Waals surface area contributed by atoms with Crippen LogP contribution in [0.1, 0.15) is 47.4 Å². The Balaban J connectivity index is 1.59. The zero-order valence-electron chi connectivity index (χ0n) is 22.6. The van der Waals surface area contributed by atoms with Crippen molar-refractivity contribution in [3.63, 3.8) is 0 Å². The van der Waals surface area contributed by atoms with Crippen molar-refractivity contribution in [2.75, 3.05) is 0 Å². The molecule has 14 heteroatoms. The number of hydrogen-bond acceptors (Lipinski definition) is 10. The van der Waals surface area contributed by atoms with E-state index >= 15 is 0 Å². The van der Waals surface area contributed by atoms with Gasteiger partial charge in [-0.15, -0.1) is 0 Å². The fourth-order valence-electron chi connectivity index (χ4n) is 4.52. The molecular weight excluding hydrogens is 544 g/mol. The summed E-state index contributed by atoms with van der Waals surface area (Å²) in [5.41, 5.74) is 12.3. The van der Waals surface area contributed by atoms with Crippen molar-refractivity contribution in [2.24, 2.45) is 31.9 Å². The minimum atomic E-state index is -1.16. The maximum Gasteiger partial charge on any atom is 0.257 e. The van der Waals surface area contributed by atoms with Gasteiger partial charge in [-0.05, 0) is 62.1 Å². The van der Waals surface area contributed by atoms with Crippen molar-refractivity contribution in [1.29, 1.82) is 0 Å². The van der Waals surface area contributed by atoms with E-state index in [2.05, 4.69) is 31.1 Å². The molecule has 2 heterocycles. The first-order valence-electron chi connectivity index (χ1n) is 12.7. The number of nitrogens with one attached hydrogen (secondary N) is 2. The Morgan fingerprint density at radius 1 is 0.667 bits per heavy atom. The average Bonchev–Trinajstić information content (AvgIpc) is 2.94. The van der Waals surface area contributed by atoms with E-state index in [-0.39, 0.29) is 46.5 Å². The van der Waals surface area contributed by atoms with Gasteiger partial charge >= 0.3 is 0 Å². The minimum absolute atomic E-state index is 0.0253. The second kappa shape index (κ2) is 12.2. The molecule has 2 aromatic carbocycles. The third-order valence-corrected chi connectivity index (χ3v) is 6.82. The van der Waals surface area contributed by atoms with E-state index in [4.69, 9.17) is 11.5 Å². The number of azo groups is 2. The maximum absolute atomic E-state index is 12.7. The molecule has 0 spiro atoms. The summed E-state index contributed by atoms with van der Waals surface area (Å²) in [5, 5.41) is 20.6. The van der Waals surface area contributed by atoms with Crippen LogP contribution < -0.4 is 22.1 Å². The molecule has 2 aromatic rings. The predicted molar refractivity (Wildman–Crippen MR) is 147 cm³/mol. The number of primary amides is 2. The van der Waals surface area contributed by atoms with Crippen molar-refractivity contribution < 1.29 is 28.8 Å². The highest BCUT2D eigenvalue weighted by molar-refractivity contribution is 6.12. The third-order valence-electron chi connectivity index (χ3n) is 6.82. The van der Waals surface area contributed by atoms with Crippen molar-refractivity contribution in [1.82, 2.24) is 10.6 Å². The monoisotopic (exact) mass is 570 g/mol. The summed E-state index contributed by atoms with van der Waals surface area (Å²) in [7, 11) is 0. The summed E-state index contributed by atoms with van der Waals surface area (Å²) in [6.45, 7) is 3.10. The van der Waals surface area contributed by atoms with Gasteiger partial charge in [0.2, 0.25) is 0 Å². The van der Waals surface area contributed by atoms with Gasteiger partial charge < -0.3 is 11.5 Å². The second-order valence-electron chi connectivity index (χ2n) is 9.46. The molecule has 0 radical (unpaired) electrons. The molecule has 0 aliphatic carbocycles. The van der Waals surface area contributed by atoms with Gasteiger partial charge in [-0.3, -0.25) is 39.4 Å². The Morgan fingerprint density at radius 2 is 1.02 bits per heavy atom. The number of rotatable bonds is 9. The Morgan fingerprint density at radius 3 is 1.38 bits per heavy atom. The van der Waals surface area contributed by atoms with Gasteiger partial charge in [-0.2, -0.15) is 20.5 Å². The van der Waals surface area contributed by atoms with E-state index in [0.717, 1.165) is 0 Å². The average molecular weight is 571 g/mol. The van der Waals surface area contributed by atoms with Crippen molar-refractivity contribution >= 4 is 46.8 Å². The lowest BCUT2D eigenvalue weighted by Crippen LogP contribution is -2.45. The zero-order chi connectivity index (χ0) is 30.6. The molecule has 0 fully saturated rings. The van der Waals surface area contributed by atoms with Crippen LogP contribution in [0.5, 0.6) is 0 Å². The van der Waals surface area contributed by atoms with E-state index < -0.39 is 47.5 Å². The molecule has 0 saturated carbocycles. The van der Waals surface area contributed by atoms with Gasteiger partial charge in [-0.25, -0.2) is 0 Å². The Labute approximate surface area is 239 Å². The number of carbonyl (C=O) groups is 6. The molecule has 214 valence electrons. The number of nitrogens with zero attached hydrogens (tertiary/aromatic N) is 4. The molecule has 4 rings (SSSR count). The van der Waals surface area contributed by atoms with Crippen molar-refractivity contribution in [3.8, 4) is 0 Å². The third kappa shape index (κ3) is 6.06. The Hall–Kier alpha value is -5.66. The SMILES string of the molecule is CC1=C(CCC2=C(C)C(N=Nc3ccccc3C(N)=O)C(=O)NC2=O)C(=O)NC(=O)C1N=Nc1ccccc1C(N)=O. The van der Waals surface area contributed by atoms with Gasteiger partial charge in [0.1, 0.15) is 0 Å². The molecule has 0 saturated heterocycles. The summed E-state index contributed by atoms with van der Waals surface area (Å²) < 4.78 is 0. The number of imide groups is 2. The molecule has 2 aliphatic rings. The zero-order valence-corrected chi connectivity index (χ0v) is 22.6. The van der Waals surface area contributed by atoms with E-state index in [0.29, 0.717) is 11.1 Å². The number of hydrogen-bond donors (Lipinski definition) is 4. The van der Waals surface area contributed by atoms with Gasteiger partial charge in [0, 0.05) is 11.1 Å². The van der Waals surface area contributed by atoms with Crippen LogP contribution in [0.25, 0.3) is 0 Å². The highest BCUT2D eigenvalue weighted by atomic mass is 16.2. The van der Waals surface area contributed by atoms with Crippen LogP contribution in [0.2, 0.25) is 0 Å². The first-order valence-corrected chi connectivity index (χ1v) is 12.7. The summed E-state index contributed by atoms with van der Waals surface area (Å²) in [6.07, 6.45) is 0.0506. The molecular formula is C28H26N8O6. The molecule has 0 aromatic heterocycles. The van der Waals surface area contributed by atoms with Crippen LogP contribution >= 0.6 is 0 Å². The Bertz CT molecular complexity index is 1530. The van der Waals surface area contributed by atoms with Gasteiger partial charge in [0.05, 0.1) is 22.5 Å². The molecule has 6 N–H and O–H groups in total. The normalized spacial score (nSPS) is 19.5. The quantitative estimate of drug-likeness (QED) is 0.261. The van der Waals surface area contributed by atoms with Gasteiger partial charge in [0.15, 0.2) is 12.1 Å². The number of nitrogens with two attached hydrogens (primary N) is 2. The minimum Gasteiger partial charge on any atom is -0.366 e. The highest BCUT2D eigenvalue weighted by Crippen LogP contribution is 2.29. The summed E-state index contributed by atoms with van der Waals surface area (Å²) in [5.74, 6) is -4.13. The molecule has 6 amide bonds.